The largest absolute Gasteiger partial charge is 0.493 e. The molecule has 2 heterocycles. The number of ether oxygens (including phenoxy) is 1. The van der Waals surface area contributed by atoms with Crippen LogP contribution in [0.3, 0.4) is 0 Å². The van der Waals surface area contributed by atoms with E-state index >= 15 is 0 Å². The van der Waals surface area contributed by atoms with E-state index < -0.39 is 5.76 Å². The van der Waals surface area contributed by atoms with Gasteiger partial charge < -0.3 is 14.5 Å². The number of rotatable bonds is 6. The zero-order valence-corrected chi connectivity index (χ0v) is 17.0. The van der Waals surface area contributed by atoms with Gasteiger partial charge in [0, 0.05) is 25.9 Å². The number of aromatic nitrogens is 1. The number of carbonyl (C=O) groups is 1. The monoisotopic (exact) mass is 414 g/mol. The summed E-state index contributed by atoms with van der Waals surface area (Å²) < 4.78 is 12.3. The van der Waals surface area contributed by atoms with E-state index in [0.717, 1.165) is 35.5 Å². The van der Waals surface area contributed by atoms with Gasteiger partial charge in [-0.1, -0.05) is 42.5 Å². The molecule has 4 aromatic rings. The van der Waals surface area contributed by atoms with Crippen molar-refractivity contribution in [2.45, 2.75) is 25.9 Å². The maximum Gasteiger partial charge on any atom is 0.419 e. The Morgan fingerprint density at radius 3 is 2.68 bits per heavy atom. The Balaban J connectivity index is 1.18. The molecule has 3 aromatic carbocycles. The number of hydrogen-bond acceptors (Lipinski definition) is 4. The van der Waals surface area contributed by atoms with Crippen molar-refractivity contribution in [1.29, 1.82) is 0 Å². The van der Waals surface area contributed by atoms with Crippen molar-refractivity contribution in [1.82, 2.24) is 9.88 Å². The third-order valence-electron chi connectivity index (χ3n) is 5.60. The van der Waals surface area contributed by atoms with Crippen molar-refractivity contribution in [3.05, 3.63) is 88.4 Å². The van der Waals surface area contributed by atoms with Gasteiger partial charge >= 0.3 is 5.76 Å². The maximum absolute atomic E-state index is 12.3. The van der Waals surface area contributed by atoms with Crippen LogP contribution in [0.15, 0.2) is 75.9 Å². The van der Waals surface area contributed by atoms with Crippen molar-refractivity contribution < 1.29 is 13.9 Å². The van der Waals surface area contributed by atoms with E-state index in [1.165, 1.54) is 10.1 Å². The van der Waals surface area contributed by atoms with Crippen molar-refractivity contribution in [3.8, 4) is 16.9 Å². The van der Waals surface area contributed by atoms with E-state index in [0.29, 0.717) is 17.6 Å². The molecule has 0 fully saturated rings. The minimum atomic E-state index is -0.442. The zero-order chi connectivity index (χ0) is 21.2. The second kappa shape index (κ2) is 8.14. The van der Waals surface area contributed by atoms with Gasteiger partial charge in [-0.3, -0.25) is 9.36 Å². The first kappa shape index (κ1) is 19.2. The fourth-order valence-corrected chi connectivity index (χ4v) is 3.91. The van der Waals surface area contributed by atoms with Crippen molar-refractivity contribution >= 4 is 17.0 Å². The number of fused-ring (bicyclic) bond motifs is 2. The quantitative estimate of drug-likeness (QED) is 0.519. The molecule has 0 bridgehead atoms. The summed E-state index contributed by atoms with van der Waals surface area (Å²) in [5.41, 5.74) is 5.80. The van der Waals surface area contributed by atoms with Crippen LogP contribution in [0, 0.1) is 0 Å². The summed E-state index contributed by atoms with van der Waals surface area (Å²) in [5.74, 6) is 0.427. The van der Waals surface area contributed by atoms with Gasteiger partial charge in [0.15, 0.2) is 5.58 Å². The maximum atomic E-state index is 12.3. The minimum Gasteiger partial charge on any atom is -0.493 e. The van der Waals surface area contributed by atoms with Gasteiger partial charge in [0.1, 0.15) is 5.75 Å². The lowest BCUT2D eigenvalue weighted by Crippen LogP contribution is -2.25. The summed E-state index contributed by atoms with van der Waals surface area (Å²) in [6.45, 7) is 1.48. The van der Waals surface area contributed by atoms with Gasteiger partial charge in [-0.15, -0.1) is 0 Å². The van der Waals surface area contributed by atoms with Gasteiger partial charge in [0.25, 0.3) is 0 Å². The highest BCUT2D eigenvalue weighted by Crippen LogP contribution is 2.30. The number of nitrogens with one attached hydrogen (secondary N) is 1. The van der Waals surface area contributed by atoms with E-state index in [9.17, 15) is 9.59 Å². The van der Waals surface area contributed by atoms with Crippen LogP contribution in [0.25, 0.3) is 22.2 Å². The number of hydrogen-bond donors (Lipinski definition) is 1. The second-order valence-electron chi connectivity index (χ2n) is 7.63. The SMILES string of the molecule is O=C(CCn1c(=O)oc2ccccc21)NCc1ccc(-c2ccc3c(c2)CCO3)cc1. The molecule has 1 aliphatic heterocycles. The van der Waals surface area contributed by atoms with Gasteiger partial charge in [-0.2, -0.15) is 0 Å². The highest BCUT2D eigenvalue weighted by Gasteiger charge is 2.13. The Hall–Kier alpha value is -3.80. The Morgan fingerprint density at radius 2 is 1.81 bits per heavy atom. The summed E-state index contributed by atoms with van der Waals surface area (Å²) in [6.07, 6.45) is 1.16. The highest BCUT2D eigenvalue weighted by atomic mass is 16.5. The minimum absolute atomic E-state index is 0.111. The molecule has 1 amide bonds. The van der Waals surface area contributed by atoms with E-state index in [2.05, 4.69) is 29.6 Å². The summed E-state index contributed by atoms with van der Waals surface area (Å²) in [5, 5.41) is 2.92. The molecule has 0 unspecified atom stereocenters. The summed E-state index contributed by atoms with van der Waals surface area (Å²) >= 11 is 0. The lowest BCUT2D eigenvalue weighted by Gasteiger charge is -2.08. The van der Waals surface area contributed by atoms with Gasteiger partial charge in [-0.05, 0) is 46.5 Å². The third kappa shape index (κ3) is 3.97. The molecule has 0 spiro atoms. The fraction of sp³-hybridized carbons (Fsp3) is 0.200. The molecule has 1 aliphatic rings. The third-order valence-corrected chi connectivity index (χ3v) is 5.60. The standard InChI is InChI=1S/C25H22N2O4/c28-24(11-13-27-21-3-1-2-4-23(21)31-25(27)29)26-16-17-5-7-18(8-6-17)19-9-10-22-20(15-19)12-14-30-22/h1-10,15H,11-14,16H2,(H,26,28). The lowest BCUT2D eigenvalue weighted by atomic mass is 10.0. The van der Waals surface area contributed by atoms with Crippen LogP contribution < -0.4 is 15.8 Å². The number of aryl methyl sites for hydroxylation is 1. The predicted octanol–water partition coefficient (Wildman–Crippen LogP) is 3.90. The number of oxazole rings is 1. The Labute approximate surface area is 179 Å². The van der Waals surface area contributed by atoms with Crippen LogP contribution in [0.4, 0.5) is 0 Å². The van der Waals surface area contributed by atoms with Crippen LogP contribution in [0.2, 0.25) is 0 Å². The van der Waals surface area contributed by atoms with Gasteiger partial charge in [0.2, 0.25) is 5.91 Å². The molecular formula is C25H22N2O4. The molecule has 0 saturated heterocycles. The van der Waals surface area contributed by atoms with Gasteiger partial charge in [0.05, 0.1) is 12.1 Å². The number of amides is 1. The summed E-state index contributed by atoms with van der Waals surface area (Å²) in [4.78, 5) is 24.3. The van der Waals surface area contributed by atoms with E-state index in [-0.39, 0.29) is 18.9 Å². The average Bonchev–Trinajstić information content (AvgIpc) is 3.39. The van der Waals surface area contributed by atoms with Crippen LogP contribution in [-0.2, 0) is 24.3 Å². The van der Waals surface area contributed by atoms with Crippen LogP contribution in [0.5, 0.6) is 5.75 Å². The van der Waals surface area contributed by atoms with E-state index in [1.54, 1.807) is 6.07 Å². The lowest BCUT2D eigenvalue weighted by molar-refractivity contribution is -0.121. The number of nitrogens with zero attached hydrogens (tertiary/aromatic N) is 1. The number of carbonyl (C=O) groups excluding carboxylic acids is 1. The smallest absolute Gasteiger partial charge is 0.419 e. The average molecular weight is 414 g/mol. The molecule has 0 atom stereocenters. The molecule has 1 aromatic heterocycles. The normalized spacial score (nSPS) is 12.5. The van der Waals surface area contributed by atoms with E-state index in [4.69, 9.17) is 9.15 Å². The molecule has 0 saturated carbocycles. The first-order valence-corrected chi connectivity index (χ1v) is 10.4. The molecule has 6 nitrogen and oxygen atoms in total. The molecular weight excluding hydrogens is 392 g/mol. The molecule has 6 heteroatoms. The second-order valence-corrected chi connectivity index (χ2v) is 7.63. The number of para-hydroxylation sites is 2. The van der Waals surface area contributed by atoms with Crippen LogP contribution >= 0.6 is 0 Å². The van der Waals surface area contributed by atoms with E-state index in [1.807, 2.05) is 36.4 Å². The molecule has 0 radical (unpaired) electrons. The Bertz CT molecular complexity index is 1300. The summed E-state index contributed by atoms with van der Waals surface area (Å²) in [6, 6.07) is 21.7. The van der Waals surface area contributed by atoms with Crippen LogP contribution in [-0.4, -0.2) is 17.1 Å². The van der Waals surface area contributed by atoms with Crippen molar-refractivity contribution in [2.24, 2.45) is 0 Å². The molecule has 5 rings (SSSR count). The predicted molar refractivity (Wildman–Crippen MR) is 118 cm³/mol. The highest BCUT2D eigenvalue weighted by molar-refractivity contribution is 5.77. The molecule has 1 N–H and O–H groups in total. The number of benzene rings is 3. The molecule has 31 heavy (non-hydrogen) atoms. The first-order valence-electron chi connectivity index (χ1n) is 10.4. The van der Waals surface area contributed by atoms with Crippen LogP contribution in [0.1, 0.15) is 17.5 Å². The summed E-state index contributed by atoms with van der Waals surface area (Å²) in [7, 11) is 0. The molecule has 156 valence electrons. The van der Waals surface area contributed by atoms with Crippen molar-refractivity contribution in [3.63, 3.8) is 0 Å². The fourth-order valence-electron chi connectivity index (χ4n) is 3.91. The first-order chi connectivity index (χ1) is 15.2. The molecule has 0 aliphatic carbocycles. The Kier molecular flexibility index (Phi) is 5.04. The van der Waals surface area contributed by atoms with Crippen molar-refractivity contribution in [2.75, 3.05) is 6.61 Å². The zero-order valence-electron chi connectivity index (χ0n) is 17.0. The van der Waals surface area contributed by atoms with Gasteiger partial charge in [-0.25, -0.2) is 4.79 Å². The Morgan fingerprint density at radius 1 is 1.00 bits per heavy atom. The topological polar surface area (TPSA) is 73.5 Å².